The maximum Gasteiger partial charge on any atom is 0.224 e. The molecule has 0 aromatic heterocycles. The third-order valence-corrected chi connectivity index (χ3v) is 4.56. The molecule has 2 N–H and O–H groups in total. The maximum absolute atomic E-state index is 13.5. The third kappa shape index (κ3) is 2.57. The first kappa shape index (κ1) is 12.5. The van der Waals surface area contributed by atoms with Crippen LogP contribution in [0.4, 0.5) is 10.1 Å². The largest absolute Gasteiger partial charge is 0.508 e. The summed E-state index contributed by atoms with van der Waals surface area (Å²) in [5.41, 5.74) is 0.144. The fourth-order valence-electron chi connectivity index (χ4n) is 3.67. The highest BCUT2D eigenvalue weighted by Gasteiger charge is 2.40. The predicted octanol–water partition coefficient (Wildman–Crippen LogP) is 3.30. The number of hydrogen-bond acceptors (Lipinski definition) is 2. The van der Waals surface area contributed by atoms with E-state index >= 15 is 0 Å². The van der Waals surface area contributed by atoms with Crippen molar-refractivity contribution < 1.29 is 14.3 Å². The van der Waals surface area contributed by atoms with E-state index < -0.39 is 5.82 Å². The summed E-state index contributed by atoms with van der Waals surface area (Å²) in [6.07, 6.45) is 5.47. The Kier molecular flexibility index (Phi) is 3.17. The molecule has 102 valence electrons. The van der Waals surface area contributed by atoms with Gasteiger partial charge in [0.2, 0.25) is 5.91 Å². The smallest absolute Gasteiger partial charge is 0.224 e. The van der Waals surface area contributed by atoms with Crippen LogP contribution in [0.2, 0.25) is 0 Å². The molecular formula is C15H18FNO2. The average molecular weight is 263 g/mol. The highest BCUT2D eigenvalue weighted by Crippen LogP contribution is 2.49. The normalized spacial score (nSPS) is 28.6. The topological polar surface area (TPSA) is 49.3 Å². The molecule has 2 aliphatic carbocycles. The Morgan fingerprint density at radius 3 is 2.84 bits per heavy atom. The monoisotopic (exact) mass is 263 g/mol. The number of nitrogens with one attached hydrogen (secondary N) is 1. The van der Waals surface area contributed by atoms with Gasteiger partial charge in [-0.25, -0.2) is 4.39 Å². The Hall–Kier alpha value is -1.58. The molecule has 3 rings (SSSR count). The molecule has 0 spiro atoms. The first-order valence-electron chi connectivity index (χ1n) is 6.90. The van der Waals surface area contributed by atoms with Crippen molar-refractivity contribution in [2.24, 2.45) is 17.8 Å². The van der Waals surface area contributed by atoms with Gasteiger partial charge in [-0.2, -0.15) is 0 Å². The van der Waals surface area contributed by atoms with Gasteiger partial charge in [-0.1, -0.05) is 6.42 Å². The number of rotatable bonds is 3. The number of anilines is 1. The van der Waals surface area contributed by atoms with E-state index in [0.29, 0.717) is 18.3 Å². The van der Waals surface area contributed by atoms with Crippen molar-refractivity contribution in [2.45, 2.75) is 32.1 Å². The lowest BCUT2D eigenvalue weighted by atomic mass is 9.86. The summed E-state index contributed by atoms with van der Waals surface area (Å²) < 4.78 is 13.5. The van der Waals surface area contributed by atoms with E-state index in [9.17, 15) is 9.18 Å². The second-order valence-corrected chi connectivity index (χ2v) is 5.85. The molecule has 4 heteroatoms. The molecule has 3 nitrogen and oxygen atoms in total. The minimum atomic E-state index is -0.596. The van der Waals surface area contributed by atoms with E-state index in [2.05, 4.69) is 5.32 Å². The fourth-order valence-corrected chi connectivity index (χ4v) is 3.67. The Morgan fingerprint density at radius 1 is 1.37 bits per heavy atom. The summed E-state index contributed by atoms with van der Waals surface area (Å²) in [6, 6.07) is 3.77. The van der Waals surface area contributed by atoms with Gasteiger partial charge in [0.25, 0.3) is 0 Å². The van der Waals surface area contributed by atoms with Crippen molar-refractivity contribution >= 4 is 11.6 Å². The lowest BCUT2D eigenvalue weighted by Crippen LogP contribution is -2.20. The van der Waals surface area contributed by atoms with Gasteiger partial charge in [0.15, 0.2) is 0 Å². The Balaban J connectivity index is 1.59. The van der Waals surface area contributed by atoms with Crippen LogP contribution in [0.15, 0.2) is 18.2 Å². The van der Waals surface area contributed by atoms with Gasteiger partial charge in [0, 0.05) is 12.5 Å². The minimum Gasteiger partial charge on any atom is -0.508 e. The van der Waals surface area contributed by atoms with Crippen molar-refractivity contribution in [3.8, 4) is 5.75 Å². The van der Waals surface area contributed by atoms with Crippen LogP contribution in [0, 0.1) is 23.6 Å². The molecule has 0 saturated heterocycles. The fraction of sp³-hybridized carbons (Fsp3) is 0.533. The number of phenolic OH excluding ortho intramolecular Hbond substituents is 1. The molecule has 2 bridgehead atoms. The van der Waals surface area contributed by atoms with Crippen molar-refractivity contribution in [3.05, 3.63) is 24.0 Å². The van der Waals surface area contributed by atoms with Gasteiger partial charge < -0.3 is 10.4 Å². The molecule has 2 saturated carbocycles. The number of halogens is 1. The standard InChI is InChI=1S/C15H18FNO2/c16-13-8-12(18)3-4-14(13)17-15(19)7-11-6-9-1-2-10(11)5-9/h3-4,8-11,18H,1-2,5-7H2,(H,17,19). The van der Waals surface area contributed by atoms with Gasteiger partial charge in [-0.05, 0) is 49.1 Å². The van der Waals surface area contributed by atoms with E-state index in [0.717, 1.165) is 18.4 Å². The zero-order valence-corrected chi connectivity index (χ0v) is 10.7. The Bertz CT molecular complexity index is 503. The summed E-state index contributed by atoms with van der Waals surface area (Å²) in [4.78, 5) is 11.9. The second-order valence-electron chi connectivity index (χ2n) is 5.85. The number of amides is 1. The van der Waals surface area contributed by atoms with Crippen LogP contribution in [0.1, 0.15) is 32.1 Å². The van der Waals surface area contributed by atoms with E-state index in [4.69, 9.17) is 5.11 Å². The summed E-state index contributed by atoms with van der Waals surface area (Å²) in [7, 11) is 0. The average Bonchev–Trinajstić information content (AvgIpc) is 2.95. The molecule has 1 aromatic rings. The lowest BCUT2D eigenvalue weighted by molar-refractivity contribution is -0.117. The van der Waals surface area contributed by atoms with Gasteiger partial charge in [0.05, 0.1) is 5.69 Å². The molecule has 19 heavy (non-hydrogen) atoms. The molecule has 2 fully saturated rings. The van der Waals surface area contributed by atoms with Gasteiger partial charge in [-0.3, -0.25) is 4.79 Å². The van der Waals surface area contributed by atoms with Crippen LogP contribution in [-0.2, 0) is 4.79 Å². The van der Waals surface area contributed by atoms with Crippen molar-refractivity contribution in [1.82, 2.24) is 0 Å². The number of benzene rings is 1. The van der Waals surface area contributed by atoms with Crippen LogP contribution < -0.4 is 5.32 Å². The lowest BCUT2D eigenvalue weighted by Gasteiger charge is -2.20. The van der Waals surface area contributed by atoms with E-state index in [1.54, 1.807) is 0 Å². The summed E-state index contributed by atoms with van der Waals surface area (Å²) in [5.74, 6) is 1.12. The van der Waals surface area contributed by atoms with E-state index in [1.165, 1.54) is 31.4 Å². The van der Waals surface area contributed by atoms with Gasteiger partial charge in [0.1, 0.15) is 11.6 Å². The molecule has 3 unspecified atom stereocenters. The quantitative estimate of drug-likeness (QED) is 0.822. The second kappa shape index (κ2) is 4.83. The maximum atomic E-state index is 13.5. The zero-order chi connectivity index (χ0) is 13.4. The molecule has 1 amide bonds. The Labute approximate surface area is 111 Å². The molecular weight excluding hydrogens is 245 g/mol. The highest BCUT2D eigenvalue weighted by molar-refractivity contribution is 5.91. The van der Waals surface area contributed by atoms with Crippen LogP contribution in [0.3, 0.4) is 0 Å². The molecule has 0 aliphatic heterocycles. The highest BCUT2D eigenvalue weighted by atomic mass is 19.1. The SMILES string of the molecule is O=C(CC1CC2CCC1C2)Nc1ccc(O)cc1F. The summed E-state index contributed by atoms with van der Waals surface area (Å²) >= 11 is 0. The van der Waals surface area contributed by atoms with Gasteiger partial charge >= 0.3 is 0 Å². The number of fused-ring (bicyclic) bond motifs is 2. The van der Waals surface area contributed by atoms with Crippen molar-refractivity contribution in [1.29, 1.82) is 0 Å². The van der Waals surface area contributed by atoms with Crippen LogP contribution in [0.25, 0.3) is 0 Å². The number of phenols is 1. The van der Waals surface area contributed by atoms with Crippen molar-refractivity contribution in [3.63, 3.8) is 0 Å². The zero-order valence-electron chi connectivity index (χ0n) is 10.7. The van der Waals surface area contributed by atoms with Crippen molar-refractivity contribution in [2.75, 3.05) is 5.32 Å². The minimum absolute atomic E-state index is 0.123. The molecule has 3 atom stereocenters. The van der Waals surface area contributed by atoms with Crippen LogP contribution in [0.5, 0.6) is 5.75 Å². The van der Waals surface area contributed by atoms with E-state index in [-0.39, 0.29) is 17.3 Å². The summed E-state index contributed by atoms with van der Waals surface area (Å²) in [6.45, 7) is 0. The van der Waals surface area contributed by atoms with Crippen LogP contribution >= 0.6 is 0 Å². The third-order valence-electron chi connectivity index (χ3n) is 4.56. The molecule has 1 aromatic carbocycles. The summed E-state index contributed by atoms with van der Waals surface area (Å²) in [5, 5.41) is 11.7. The first-order chi connectivity index (χ1) is 9.11. The molecule has 0 radical (unpaired) electrons. The van der Waals surface area contributed by atoms with Crippen LogP contribution in [-0.4, -0.2) is 11.0 Å². The Morgan fingerprint density at radius 2 is 2.21 bits per heavy atom. The predicted molar refractivity (Wildman–Crippen MR) is 70.2 cm³/mol. The first-order valence-corrected chi connectivity index (χ1v) is 6.90. The number of aromatic hydroxyl groups is 1. The molecule has 0 heterocycles. The number of carbonyl (C=O) groups is 1. The van der Waals surface area contributed by atoms with E-state index in [1.807, 2.05) is 0 Å². The number of hydrogen-bond donors (Lipinski definition) is 2. The van der Waals surface area contributed by atoms with Gasteiger partial charge in [-0.15, -0.1) is 0 Å². The number of carbonyl (C=O) groups excluding carboxylic acids is 1. The molecule has 2 aliphatic rings.